The summed E-state index contributed by atoms with van der Waals surface area (Å²) in [7, 11) is 0. The first kappa shape index (κ1) is 13.8. The molecule has 0 atom stereocenters. The number of hydrogen-bond acceptors (Lipinski definition) is 2. The van der Waals surface area contributed by atoms with Crippen molar-refractivity contribution in [3.05, 3.63) is 70.6 Å². The monoisotopic (exact) mass is 300 g/mol. The smallest absolute Gasteiger partial charge is 0.123 e. The molecule has 21 heavy (non-hydrogen) atoms. The molecule has 3 aromatic rings. The van der Waals surface area contributed by atoms with Gasteiger partial charge >= 0.3 is 0 Å². The minimum absolute atomic E-state index is 0.217. The number of halogens is 2. The van der Waals surface area contributed by atoms with E-state index in [4.69, 9.17) is 11.6 Å². The van der Waals surface area contributed by atoms with Crippen LogP contribution in [0.3, 0.4) is 0 Å². The third-order valence-corrected chi connectivity index (χ3v) is 3.66. The van der Waals surface area contributed by atoms with Crippen LogP contribution in [0.2, 0.25) is 5.02 Å². The molecule has 0 saturated heterocycles. The standard InChI is InChI=1S/C17H14ClFN2/c1-11-7-15(19)5-4-13(11)10-21-16-9-14(18)8-12-3-2-6-20-17(12)16/h2-9,21H,10H2,1H3. The maximum Gasteiger partial charge on any atom is 0.123 e. The number of rotatable bonds is 3. The van der Waals surface area contributed by atoms with Gasteiger partial charge in [0.05, 0.1) is 11.2 Å². The second kappa shape index (κ2) is 5.70. The van der Waals surface area contributed by atoms with Gasteiger partial charge in [0.25, 0.3) is 0 Å². The van der Waals surface area contributed by atoms with E-state index in [1.165, 1.54) is 12.1 Å². The van der Waals surface area contributed by atoms with Gasteiger partial charge in [-0.05, 0) is 48.4 Å². The van der Waals surface area contributed by atoms with Gasteiger partial charge in [0, 0.05) is 23.2 Å². The summed E-state index contributed by atoms with van der Waals surface area (Å²) < 4.78 is 13.1. The minimum Gasteiger partial charge on any atom is -0.379 e. The van der Waals surface area contributed by atoms with Gasteiger partial charge in [-0.2, -0.15) is 0 Å². The average molecular weight is 301 g/mol. The van der Waals surface area contributed by atoms with E-state index in [1.54, 1.807) is 12.3 Å². The molecule has 0 aliphatic rings. The zero-order chi connectivity index (χ0) is 14.8. The lowest BCUT2D eigenvalue weighted by molar-refractivity contribution is 0.625. The maximum atomic E-state index is 13.1. The van der Waals surface area contributed by atoms with Gasteiger partial charge in [-0.25, -0.2) is 4.39 Å². The molecular formula is C17H14ClFN2. The van der Waals surface area contributed by atoms with Crippen molar-refractivity contribution in [1.82, 2.24) is 4.98 Å². The number of aromatic nitrogens is 1. The molecule has 1 aromatic heterocycles. The molecule has 0 aliphatic carbocycles. The maximum absolute atomic E-state index is 13.1. The Morgan fingerprint density at radius 2 is 2.05 bits per heavy atom. The molecule has 0 unspecified atom stereocenters. The summed E-state index contributed by atoms with van der Waals surface area (Å²) >= 11 is 6.14. The number of fused-ring (bicyclic) bond motifs is 1. The normalized spacial score (nSPS) is 10.8. The second-order valence-electron chi connectivity index (χ2n) is 4.95. The molecular weight excluding hydrogens is 287 g/mol. The van der Waals surface area contributed by atoms with Gasteiger partial charge in [-0.1, -0.05) is 23.7 Å². The summed E-state index contributed by atoms with van der Waals surface area (Å²) in [6.07, 6.45) is 1.75. The summed E-state index contributed by atoms with van der Waals surface area (Å²) in [5, 5.41) is 4.99. The lowest BCUT2D eigenvalue weighted by atomic mass is 10.1. The van der Waals surface area contributed by atoms with E-state index < -0.39 is 0 Å². The minimum atomic E-state index is -0.217. The van der Waals surface area contributed by atoms with Gasteiger partial charge in [0.1, 0.15) is 5.82 Å². The van der Waals surface area contributed by atoms with Crippen molar-refractivity contribution in [2.45, 2.75) is 13.5 Å². The second-order valence-corrected chi connectivity index (χ2v) is 5.39. The van der Waals surface area contributed by atoms with Gasteiger partial charge in [0.2, 0.25) is 0 Å². The Labute approximate surface area is 127 Å². The molecule has 2 nitrogen and oxygen atoms in total. The van der Waals surface area contributed by atoms with Crippen molar-refractivity contribution < 1.29 is 4.39 Å². The van der Waals surface area contributed by atoms with Crippen LogP contribution in [0.15, 0.2) is 48.7 Å². The van der Waals surface area contributed by atoms with Crippen LogP contribution in [-0.4, -0.2) is 4.98 Å². The van der Waals surface area contributed by atoms with Gasteiger partial charge < -0.3 is 5.32 Å². The predicted molar refractivity (Wildman–Crippen MR) is 85.2 cm³/mol. The number of aryl methyl sites for hydroxylation is 1. The third kappa shape index (κ3) is 2.98. The van der Waals surface area contributed by atoms with Crippen molar-refractivity contribution in [3.8, 4) is 0 Å². The molecule has 4 heteroatoms. The highest BCUT2D eigenvalue weighted by molar-refractivity contribution is 6.31. The number of nitrogens with one attached hydrogen (secondary N) is 1. The molecule has 106 valence electrons. The lowest BCUT2D eigenvalue weighted by Crippen LogP contribution is -2.02. The van der Waals surface area contributed by atoms with Crippen molar-refractivity contribution >= 4 is 28.2 Å². The number of anilines is 1. The Kier molecular flexibility index (Phi) is 3.76. The highest BCUT2D eigenvalue weighted by Gasteiger charge is 2.05. The highest BCUT2D eigenvalue weighted by atomic mass is 35.5. The van der Waals surface area contributed by atoms with Crippen molar-refractivity contribution in [3.63, 3.8) is 0 Å². The molecule has 0 bridgehead atoms. The van der Waals surface area contributed by atoms with E-state index in [0.29, 0.717) is 11.6 Å². The van der Waals surface area contributed by atoms with E-state index in [0.717, 1.165) is 27.7 Å². The van der Waals surface area contributed by atoms with Crippen LogP contribution in [-0.2, 0) is 6.54 Å². The van der Waals surface area contributed by atoms with Crippen molar-refractivity contribution in [2.24, 2.45) is 0 Å². The first-order valence-electron chi connectivity index (χ1n) is 6.66. The van der Waals surface area contributed by atoms with Crippen LogP contribution in [0.25, 0.3) is 10.9 Å². The number of nitrogens with zero attached hydrogens (tertiary/aromatic N) is 1. The summed E-state index contributed by atoms with van der Waals surface area (Å²) in [5.41, 5.74) is 3.71. The molecule has 3 rings (SSSR count). The fourth-order valence-corrected chi connectivity index (χ4v) is 2.57. The first-order chi connectivity index (χ1) is 10.1. The molecule has 0 saturated carbocycles. The number of hydrogen-bond donors (Lipinski definition) is 1. The number of benzene rings is 2. The highest BCUT2D eigenvalue weighted by Crippen LogP contribution is 2.27. The van der Waals surface area contributed by atoms with E-state index in [-0.39, 0.29) is 5.82 Å². The Hall–Kier alpha value is -2.13. The van der Waals surface area contributed by atoms with Gasteiger partial charge in [-0.15, -0.1) is 0 Å². The van der Waals surface area contributed by atoms with Crippen LogP contribution in [0.1, 0.15) is 11.1 Å². The average Bonchev–Trinajstić information content (AvgIpc) is 2.46. The molecule has 0 aliphatic heterocycles. The molecule has 1 heterocycles. The molecule has 0 radical (unpaired) electrons. The fourth-order valence-electron chi connectivity index (χ4n) is 2.34. The van der Waals surface area contributed by atoms with Crippen LogP contribution in [0, 0.1) is 12.7 Å². The van der Waals surface area contributed by atoms with Gasteiger partial charge in [0.15, 0.2) is 0 Å². The molecule has 2 aromatic carbocycles. The zero-order valence-electron chi connectivity index (χ0n) is 11.5. The van der Waals surface area contributed by atoms with Crippen LogP contribution in [0.5, 0.6) is 0 Å². The predicted octanol–water partition coefficient (Wildman–Crippen LogP) is 4.95. The van der Waals surface area contributed by atoms with E-state index >= 15 is 0 Å². The Morgan fingerprint density at radius 3 is 2.86 bits per heavy atom. The Balaban J connectivity index is 1.91. The largest absolute Gasteiger partial charge is 0.379 e. The van der Waals surface area contributed by atoms with Crippen molar-refractivity contribution in [2.75, 3.05) is 5.32 Å². The zero-order valence-corrected chi connectivity index (χ0v) is 12.3. The third-order valence-electron chi connectivity index (χ3n) is 3.44. The summed E-state index contributed by atoms with van der Waals surface area (Å²) in [4.78, 5) is 4.39. The molecule has 1 N–H and O–H groups in total. The van der Waals surface area contributed by atoms with E-state index in [2.05, 4.69) is 10.3 Å². The summed E-state index contributed by atoms with van der Waals surface area (Å²) in [6, 6.07) is 12.4. The number of pyridine rings is 1. The Morgan fingerprint density at radius 1 is 1.19 bits per heavy atom. The van der Waals surface area contributed by atoms with Crippen LogP contribution >= 0.6 is 11.6 Å². The fraction of sp³-hybridized carbons (Fsp3) is 0.118. The van der Waals surface area contributed by atoms with Gasteiger partial charge in [-0.3, -0.25) is 4.98 Å². The van der Waals surface area contributed by atoms with Crippen LogP contribution < -0.4 is 5.32 Å². The SMILES string of the molecule is Cc1cc(F)ccc1CNc1cc(Cl)cc2cccnc12. The van der Waals surface area contributed by atoms with E-state index in [9.17, 15) is 4.39 Å². The lowest BCUT2D eigenvalue weighted by Gasteiger charge is -2.11. The summed E-state index contributed by atoms with van der Waals surface area (Å²) in [5.74, 6) is -0.217. The molecule has 0 fully saturated rings. The molecule has 0 amide bonds. The quantitative estimate of drug-likeness (QED) is 0.740. The van der Waals surface area contributed by atoms with E-state index in [1.807, 2.05) is 31.2 Å². The first-order valence-corrected chi connectivity index (χ1v) is 7.04. The Bertz CT molecular complexity index is 802. The topological polar surface area (TPSA) is 24.9 Å². The summed E-state index contributed by atoms with van der Waals surface area (Å²) in [6.45, 7) is 2.49. The van der Waals surface area contributed by atoms with Crippen molar-refractivity contribution in [1.29, 1.82) is 0 Å². The van der Waals surface area contributed by atoms with Crippen LogP contribution in [0.4, 0.5) is 10.1 Å². The molecule has 0 spiro atoms.